The number of aromatic nitrogens is 4. The van der Waals surface area contributed by atoms with Crippen molar-refractivity contribution in [2.75, 3.05) is 5.32 Å². The molecule has 3 aromatic rings. The summed E-state index contributed by atoms with van der Waals surface area (Å²) in [7, 11) is 0. The maximum atomic E-state index is 12.2. The molecule has 0 fully saturated rings. The van der Waals surface area contributed by atoms with E-state index in [0.717, 1.165) is 11.4 Å². The number of carbonyl (C=O) groups is 1. The van der Waals surface area contributed by atoms with Crippen LogP contribution in [-0.4, -0.2) is 26.1 Å². The van der Waals surface area contributed by atoms with Gasteiger partial charge in [0.05, 0.1) is 17.6 Å². The molecule has 7 nitrogen and oxygen atoms in total. The summed E-state index contributed by atoms with van der Waals surface area (Å²) in [5.74, 6) is -0.113. The molecule has 2 heterocycles. The zero-order valence-corrected chi connectivity index (χ0v) is 13.1. The normalized spacial score (nSPS) is 11.4. The molecule has 0 aliphatic carbocycles. The van der Waals surface area contributed by atoms with Gasteiger partial charge in [0.25, 0.3) is 5.91 Å². The predicted octanol–water partition coefficient (Wildman–Crippen LogP) is 2.81. The van der Waals surface area contributed by atoms with Gasteiger partial charge >= 0.3 is 0 Å². The Labute approximate surface area is 133 Å². The molecule has 0 unspecified atom stereocenters. The van der Waals surface area contributed by atoms with Crippen LogP contribution in [0.1, 0.15) is 37.0 Å². The van der Waals surface area contributed by atoms with E-state index >= 15 is 0 Å². The Balaban J connectivity index is 1.74. The Morgan fingerprint density at radius 2 is 1.96 bits per heavy atom. The summed E-state index contributed by atoms with van der Waals surface area (Å²) in [6.07, 6.45) is 1.41. The first-order chi connectivity index (χ1) is 10.9. The number of para-hydroxylation sites is 1. The summed E-state index contributed by atoms with van der Waals surface area (Å²) < 4.78 is 5.14. The van der Waals surface area contributed by atoms with E-state index in [1.54, 1.807) is 6.07 Å². The molecule has 23 heavy (non-hydrogen) atoms. The highest BCUT2D eigenvalue weighted by molar-refractivity contribution is 6.01. The van der Waals surface area contributed by atoms with E-state index in [9.17, 15) is 4.79 Å². The van der Waals surface area contributed by atoms with Crippen LogP contribution in [0.15, 0.2) is 47.1 Å². The minimum Gasteiger partial charge on any atom is -0.338 e. The number of carbonyl (C=O) groups excluding carboxylic acids is 1. The van der Waals surface area contributed by atoms with Gasteiger partial charge in [-0.05, 0) is 12.1 Å². The van der Waals surface area contributed by atoms with Crippen molar-refractivity contribution in [3.05, 3.63) is 54.0 Å². The summed E-state index contributed by atoms with van der Waals surface area (Å²) in [6, 6.07) is 11.1. The molecule has 1 aromatic carbocycles. The van der Waals surface area contributed by atoms with Crippen LogP contribution >= 0.6 is 0 Å². The Morgan fingerprint density at radius 1 is 1.22 bits per heavy atom. The van der Waals surface area contributed by atoms with Gasteiger partial charge in [0.2, 0.25) is 5.88 Å². The standard InChI is InChI=1S/C16H17N5O2/c1-16(2,3)13-9-14(23-20-13)18-15(22)12-10-17-21(19-12)11-7-5-4-6-8-11/h4-10H,1-3H3,(H,18,22). The summed E-state index contributed by atoms with van der Waals surface area (Å²) in [4.78, 5) is 13.6. The molecule has 2 aromatic heterocycles. The van der Waals surface area contributed by atoms with Gasteiger partial charge in [0, 0.05) is 11.5 Å². The van der Waals surface area contributed by atoms with E-state index in [1.807, 2.05) is 51.1 Å². The van der Waals surface area contributed by atoms with Gasteiger partial charge < -0.3 is 4.52 Å². The Bertz CT molecular complexity index is 814. The SMILES string of the molecule is CC(C)(C)c1cc(NC(=O)c2cnn(-c3ccccc3)n2)on1. The fourth-order valence-electron chi connectivity index (χ4n) is 1.92. The van der Waals surface area contributed by atoms with Gasteiger partial charge in [-0.15, -0.1) is 5.10 Å². The smallest absolute Gasteiger partial charge is 0.280 e. The molecule has 0 saturated carbocycles. The zero-order valence-electron chi connectivity index (χ0n) is 13.1. The lowest BCUT2D eigenvalue weighted by Crippen LogP contribution is -2.13. The Kier molecular flexibility index (Phi) is 3.69. The number of amides is 1. The summed E-state index contributed by atoms with van der Waals surface area (Å²) >= 11 is 0. The van der Waals surface area contributed by atoms with Gasteiger partial charge in [-0.2, -0.15) is 9.90 Å². The number of rotatable bonds is 3. The molecule has 0 radical (unpaired) electrons. The van der Waals surface area contributed by atoms with Crippen molar-refractivity contribution in [2.24, 2.45) is 0 Å². The van der Waals surface area contributed by atoms with Crippen LogP contribution in [0.4, 0.5) is 5.88 Å². The number of nitrogens with zero attached hydrogens (tertiary/aromatic N) is 4. The Hall–Kier alpha value is -2.96. The van der Waals surface area contributed by atoms with Gasteiger partial charge in [0.1, 0.15) is 0 Å². The van der Waals surface area contributed by atoms with E-state index in [2.05, 4.69) is 20.7 Å². The average Bonchev–Trinajstić information content (AvgIpc) is 3.16. The fraction of sp³-hybridized carbons (Fsp3) is 0.250. The lowest BCUT2D eigenvalue weighted by molar-refractivity contribution is 0.101. The van der Waals surface area contributed by atoms with Crippen LogP contribution in [0, 0.1) is 0 Å². The molecule has 0 saturated heterocycles. The summed E-state index contributed by atoms with van der Waals surface area (Å²) in [6.45, 7) is 6.05. The van der Waals surface area contributed by atoms with Crippen LogP contribution in [0.3, 0.4) is 0 Å². The number of nitrogens with one attached hydrogen (secondary N) is 1. The number of benzene rings is 1. The maximum Gasteiger partial charge on any atom is 0.280 e. The first kappa shape index (κ1) is 15.0. The second kappa shape index (κ2) is 5.68. The van der Waals surface area contributed by atoms with E-state index in [4.69, 9.17) is 4.52 Å². The molecule has 0 aliphatic heterocycles. The Morgan fingerprint density at radius 3 is 2.61 bits per heavy atom. The predicted molar refractivity (Wildman–Crippen MR) is 84.5 cm³/mol. The van der Waals surface area contributed by atoms with Crippen LogP contribution in [0.2, 0.25) is 0 Å². The summed E-state index contributed by atoms with van der Waals surface area (Å²) in [5, 5.41) is 14.8. The monoisotopic (exact) mass is 311 g/mol. The third-order valence-corrected chi connectivity index (χ3v) is 3.23. The third kappa shape index (κ3) is 3.28. The van der Waals surface area contributed by atoms with Crippen molar-refractivity contribution in [1.82, 2.24) is 20.2 Å². The van der Waals surface area contributed by atoms with E-state index in [1.165, 1.54) is 11.0 Å². The minimum atomic E-state index is -0.399. The third-order valence-electron chi connectivity index (χ3n) is 3.23. The highest BCUT2D eigenvalue weighted by atomic mass is 16.5. The van der Waals surface area contributed by atoms with Crippen molar-refractivity contribution in [2.45, 2.75) is 26.2 Å². The zero-order chi connectivity index (χ0) is 16.4. The van der Waals surface area contributed by atoms with Gasteiger partial charge in [-0.25, -0.2) is 0 Å². The second-order valence-electron chi connectivity index (χ2n) is 6.14. The summed E-state index contributed by atoms with van der Waals surface area (Å²) in [5.41, 5.74) is 1.59. The lowest BCUT2D eigenvalue weighted by atomic mass is 9.92. The molecule has 1 amide bonds. The first-order valence-corrected chi connectivity index (χ1v) is 7.20. The molecule has 1 N–H and O–H groups in total. The van der Waals surface area contributed by atoms with E-state index in [0.29, 0.717) is 0 Å². The maximum absolute atomic E-state index is 12.2. The highest BCUT2D eigenvalue weighted by Crippen LogP contribution is 2.23. The largest absolute Gasteiger partial charge is 0.338 e. The molecular formula is C16H17N5O2. The van der Waals surface area contributed by atoms with Gasteiger partial charge in [-0.3, -0.25) is 10.1 Å². The van der Waals surface area contributed by atoms with E-state index < -0.39 is 5.91 Å². The highest BCUT2D eigenvalue weighted by Gasteiger charge is 2.20. The second-order valence-corrected chi connectivity index (χ2v) is 6.14. The fourth-order valence-corrected chi connectivity index (χ4v) is 1.92. The molecule has 7 heteroatoms. The molecule has 0 aliphatic rings. The topological polar surface area (TPSA) is 85.8 Å². The van der Waals surface area contributed by atoms with Crippen LogP contribution in [0.25, 0.3) is 5.69 Å². The lowest BCUT2D eigenvalue weighted by Gasteiger charge is -2.12. The molecule has 0 atom stereocenters. The molecule has 0 bridgehead atoms. The number of anilines is 1. The van der Waals surface area contributed by atoms with Gasteiger partial charge in [-0.1, -0.05) is 44.1 Å². The van der Waals surface area contributed by atoms with Gasteiger partial charge in [0.15, 0.2) is 5.69 Å². The molecule has 3 rings (SSSR count). The van der Waals surface area contributed by atoms with Crippen molar-refractivity contribution < 1.29 is 9.32 Å². The average molecular weight is 311 g/mol. The van der Waals surface area contributed by atoms with Crippen molar-refractivity contribution in [3.8, 4) is 5.69 Å². The molecular weight excluding hydrogens is 294 g/mol. The van der Waals surface area contributed by atoms with E-state index in [-0.39, 0.29) is 17.0 Å². The van der Waals surface area contributed by atoms with Crippen molar-refractivity contribution >= 4 is 11.8 Å². The minimum absolute atomic E-state index is 0.150. The first-order valence-electron chi connectivity index (χ1n) is 7.20. The number of hydrogen-bond acceptors (Lipinski definition) is 5. The quantitative estimate of drug-likeness (QED) is 0.804. The molecule has 0 spiro atoms. The molecule has 118 valence electrons. The van der Waals surface area contributed by atoms with Crippen LogP contribution in [0.5, 0.6) is 0 Å². The number of hydrogen-bond donors (Lipinski definition) is 1. The van der Waals surface area contributed by atoms with Crippen molar-refractivity contribution in [1.29, 1.82) is 0 Å². The van der Waals surface area contributed by atoms with Crippen LogP contribution < -0.4 is 5.32 Å². The van der Waals surface area contributed by atoms with Crippen molar-refractivity contribution in [3.63, 3.8) is 0 Å². The van der Waals surface area contributed by atoms with Crippen LogP contribution in [-0.2, 0) is 5.41 Å².